The first-order chi connectivity index (χ1) is 7.38. The Balaban J connectivity index is 1.80. The van der Waals surface area contributed by atoms with Gasteiger partial charge < -0.3 is 9.64 Å². The zero-order valence-electron chi connectivity index (χ0n) is 9.67. The van der Waals surface area contributed by atoms with Gasteiger partial charge in [0.25, 0.3) is 0 Å². The smallest absolute Gasteiger partial charge is 0.0824 e. The first kappa shape index (κ1) is 10.9. The van der Waals surface area contributed by atoms with Crippen LogP contribution in [-0.2, 0) is 4.74 Å². The van der Waals surface area contributed by atoms with Gasteiger partial charge in [-0.15, -0.1) is 0 Å². The summed E-state index contributed by atoms with van der Waals surface area (Å²) in [6, 6.07) is 0. The molecule has 0 radical (unpaired) electrons. The number of nitrogens with zero attached hydrogens (tertiary/aromatic N) is 2. The van der Waals surface area contributed by atoms with E-state index in [1.165, 1.54) is 38.2 Å². The Hall–Kier alpha value is -0.610. The lowest BCUT2D eigenvalue weighted by Crippen LogP contribution is -3.12. The average Bonchev–Trinajstić information content (AvgIpc) is 2.31. The molecule has 0 aromatic heterocycles. The van der Waals surface area contributed by atoms with Gasteiger partial charge in [0.1, 0.15) is 0 Å². The minimum absolute atomic E-state index is 0.836. The first-order valence-electron chi connectivity index (χ1n) is 6.11. The maximum Gasteiger partial charge on any atom is 0.0824 e. The van der Waals surface area contributed by atoms with Crippen molar-refractivity contribution in [3.05, 3.63) is 0 Å². The fraction of sp³-hybridized carbons (Fsp3) is 0.909. The third kappa shape index (κ3) is 3.18. The van der Waals surface area contributed by atoms with Crippen molar-refractivity contribution in [2.24, 2.45) is 5.10 Å². The van der Waals surface area contributed by atoms with Crippen LogP contribution in [0, 0.1) is 0 Å². The summed E-state index contributed by atoms with van der Waals surface area (Å²) in [5.41, 5.74) is 1.40. The van der Waals surface area contributed by atoms with Gasteiger partial charge in [-0.2, -0.15) is 5.10 Å². The van der Waals surface area contributed by atoms with Crippen molar-refractivity contribution >= 4 is 5.71 Å². The molecule has 0 aromatic carbocycles. The molecule has 4 nitrogen and oxygen atoms in total. The molecule has 1 N–H and O–H groups in total. The standard InChI is InChI=1S/C11H21N3O/c1-2-13-5-3-11(4-6-13)12-14-7-9-15-10-8-14/h2-10H2,1H3/p+1. The lowest BCUT2D eigenvalue weighted by molar-refractivity contribution is -0.899. The van der Waals surface area contributed by atoms with E-state index in [0.29, 0.717) is 0 Å². The Labute approximate surface area is 91.9 Å². The number of hydrogen-bond acceptors (Lipinski definition) is 3. The van der Waals surface area contributed by atoms with Crippen molar-refractivity contribution in [3.8, 4) is 0 Å². The van der Waals surface area contributed by atoms with Crippen molar-refractivity contribution in [3.63, 3.8) is 0 Å². The third-order valence-corrected chi connectivity index (χ3v) is 3.30. The van der Waals surface area contributed by atoms with E-state index in [2.05, 4.69) is 11.9 Å². The number of nitrogens with one attached hydrogen (secondary N) is 1. The number of hydrogen-bond donors (Lipinski definition) is 1. The van der Waals surface area contributed by atoms with E-state index >= 15 is 0 Å². The molecule has 0 amide bonds. The number of morpholine rings is 1. The highest BCUT2D eigenvalue weighted by Gasteiger charge is 2.17. The summed E-state index contributed by atoms with van der Waals surface area (Å²) in [7, 11) is 0. The molecule has 0 saturated carbocycles. The summed E-state index contributed by atoms with van der Waals surface area (Å²) < 4.78 is 5.31. The molecule has 0 atom stereocenters. The predicted molar refractivity (Wildman–Crippen MR) is 60.3 cm³/mol. The van der Waals surface area contributed by atoms with Gasteiger partial charge >= 0.3 is 0 Å². The van der Waals surface area contributed by atoms with Crippen LogP contribution in [0.3, 0.4) is 0 Å². The van der Waals surface area contributed by atoms with E-state index in [1.807, 2.05) is 0 Å². The molecule has 2 heterocycles. The molecule has 0 unspecified atom stereocenters. The molecule has 0 aliphatic carbocycles. The summed E-state index contributed by atoms with van der Waals surface area (Å²) in [6.07, 6.45) is 2.36. The van der Waals surface area contributed by atoms with Crippen LogP contribution >= 0.6 is 0 Å². The number of rotatable bonds is 2. The Kier molecular flexibility index (Phi) is 3.97. The zero-order valence-corrected chi connectivity index (χ0v) is 9.67. The maximum absolute atomic E-state index is 5.31. The summed E-state index contributed by atoms with van der Waals surface area (Å²) in [5, 5.41) is 6.90. The topological polar surface area (TPSA) is 29.3 Å². The Morgan fingerprint density at radius 1 is 1.27 bits per heavy atom. The van der Waals surface area contributed by atoms with E-state index in [1.54, 1.807) is 4.90 Å². The number of likely N-dealkylation sites (tertiary alicyclic amines) is 1. The van der Waals surface area contributed by atoms with Crippen LogP contribution in [-0.4, -0.2) is 56.7 Å². The summed E-state index contributed by atoms with van der Waals surface area (Å²) in [6.45, 7) is 9.65. The van der Waals surface area contributed by atoms with Crippen LogP contribution in [0.15, 0.2) is 5.10 Å². The lowest BCUT2D eigenvalue weighted by Gasteiger charge is -2.28. The predicted octanol–water partition coefficient (Wildman–Crippen LogP) is -0.627. The highest BCUT2D eigenvalue weighted by molar-refractivity contribution is 5.84. The Morgan fingerprint density at radius 3 is 2.53 bits per heavy atom. The minimum Gasteiger partial charge on any atom is -0.378 e. The fourth-order valence-corrected chi connectivity index (χ4v) is 2.20. The number of hydrazone groups is 1. The average molecular weight is 212 g/mol. The van der Waals surface area contributed by atoms with Crippen molar-refractivity contribution in [2.75, 3.05) is 45.9 Å². The first-order valence-corrected chi connectivity index (χ1v) is 6.11. The molecule has 86 valence electrons. The molecule has 2 fully saturated rings. The van der Waals surface area contributed by atoms with Gasteiger partial charge in [0.05, 0.1) is 45.9 Å². The van der Waals surface area contributed by atoms with E-state index in [-0.39, 0.29) is 0 Å². The number of quaternary nitrogens is 1. The van der Waals surface area contributed by atoms with Crippen LogP contribution in [0.2, 0.25) is 0 Å². The van der Waals surface area contributed by atoms with Crippen molar-refractivity contribution in [1.29, 1.82) is 0 Å². The quantitative estimate of drug-likeness (QED) is 0.660. The van der Waals surface area contributed by atoms with Gasteiger partial charge in [-0.05, 0) is 6.92 Å². The fourth-order valence-electron chi connectivity index (χ4n) is 2.20. The van der Waals surface area contributed by atoms with Gasteiger partial charge in [0, 0.05) is 18.6 Å². The van der Waals surface area contributed by atoms with Gasteiger partial charge in [0.2, 0.25) is 0 Å². The lowest BCUT2D eigenvalue weighted by atomic mass is 10.1. The van der Waals surface area contributed by atoms with Gasteiger partial charge in [-0.3, -0.25) is 5.01 Å². The summed E-state index contributed by atoms with van der Waals surface area (Å²) in [5.74, 6) is 0. The Bertz CT molecular complexity index is 214. The third-order valence-electron chi connectivity index (χ3n) is 3.30. The van der Waals surface area contributed by atoms with E-state index in [9.17, 15) is 0 Å². The number of piperidine rings is 1. The molecule has 2 aliphatic rings. The molecule has 2 saturated heterocycles. The van der Waals surface area contributed by atoms with E-state index in [0.717, 1.165) is 26.3 Å². The van der Waals surface area contributed by atoms with Crippen LogP contribution in [0.4, 0.5) is 0 Å². The molecule has 15 heavy (non-hydrogen) atoms. The second-order valence-corrected chi connectivity index (χ2v) is 4.34. The van der Waals surface area contributed by atoms with Crippen LogP contribution in [0.25, 0.3) is 0 Å². The van der Waals surface area contributed by atoms with Gasteiger partial charge in [-0.1, -0.05) is 0 Å². The Morgan fingerprint density at radius 2 is 1.93 bits per heavy atom. The molecular formula is C11H22N3O+. The van der Waals surface area contributed by atoms with Crippen molar-refractivity contribution < 1.29 is 9.64 Å². The minimum atomic E-state index is 0.836. The number of ether oxygens (including phenoxy) is 1. The van der Waals surface area contributed by atoms with Crippen molar-refractivity contribution in [1.82, 2.24) is 5.01 Å². The summed E-state index contributed by atoms with van der Waals surface area (Å²) >= 11 is 0. The SMILES string of the molecule is CC[NH+]1CCC(=NN2CCOCC2)CC1. The van der Waals surface area contributed by atoms with E-state index < -0.39 is 0 Å². The highest BCUT2D eigenvalue weighted by Crippen LogP contribution is 2.02. The normalized spacial score (nSPS) is 27.9. The monoisotopic (exact) mass is 212 g/mol. The molecule has 2 aliphatic heterocycles. The molecule has 0 bridgehead atoms. The zero-order chi connectivity index (χ0) is 10.5. The van der Waals surface area contributed by atoms with Crippen LogP contribution < -0.4 is 4.90 Å². The second-order valence-electron chi connectivity index (χ2n) is 4.34. The van der Waals surface area contributed by atoms with Crippen LogP contribution in [0.1, 0.15) is 19.8 Å². The molecule has 2 rings (SSSR count). The molecule has 0 aromatic rings. The highest BCUT2D eigenvalue weighted by atomic mass is 16.5. The molecule has 4 heteroatoms. The molecular weight excluding hydrogens is 190 g/mol. The van der Waals surface area contributed by atoms with Gasteiger partial charge in [0.15, 0.2) is 0 Å². The van der Waals surface area contributed by atoms with Crippen LogP contribution in [0.5, 0.6) is 0 Å². The summed E-state index contributed by atoms with van der Waals surface area (Å²) in [4.78, 5) is 1.72. The largest absolute Gasteiger partial charge is 0.378 e. The molecule has 0 spiro atoms. The second kappa shape index (κ2) is 5.47. The van der Waals surface area contributed by atoms with Gasteiger partial charge in [-0.25, -0.2) is 0 Å². The van der Waals surface area contributed by atoms with E-state index in [4.69, 9.17) is 9.84 Å². The van der Waals surface area contributed by atoms with Crippen molar-refractivity contribution in [2.45, 2.75) is 19.8 Å². The maximum atomic E-state index is 5.31.